The predicted molar refractivity (Wildman–Crippen MR) is 39.7 cm³/mol. The van der Waals surface area contributed by atoms with Crippen LogP contribution in [0.5, 0.6) is 0 Å². The molecule has 8 heavy (non-hydrogen) atoms. The summed E-state index contributed by atoms with van der Waals surface area (Å²) in [5.41, 5.74) is 0. The second kappa shape index (κ2) is 3.62. The smallest absolute Gasteiger partial charge is 0.221 e. The minimum Gasteiger partial charge on any atom is -0.350 e. The molecule has 0 saturated heterocycles. The standard InChI is InChI=1S/C4H6Cl2OS/c1-7-4(5,6)2-3-8/h3H,2H2,1H3. The Morgan fingerprint density at radius 3 is 2.38 bits per heavy atom. The van der Waals surface area contributed by atoms with Crippen LogP contribution in [0.4, 0.5) is 0 Å². The highest BCUT2D eigenvalue weighted by Crippen LogP contribution is 2.24. The monoisotopic (exact) mass is 172 g/mol. The van der Waals surface area contributed by atoms with Crippen molar-refractivity contribution in [1.29, 1.82) is 0 Å². The lowest BCUT2D eigenvalue weighted by molar-refractivity contribution is 0.140. The molecule has 0 rings (SSSR count). The summed E-state index contributed by atoms with van der Waals surface area (Å²) in [5, 5.41) is 1.43. The number of halogens is 2. The van der Waals surface area contributed by atoms with Crippen molar-refractivity contribution in [3.63, 3.8) is 0 Å². The van der Waals surface area contributed by atoms with Crippen LogP contribution in [-0.2, 0) is 4.74 Å². The van der Waals surface area contributed by atoms with Gasteiger partial charge in [-0.1, -0.05) is 35.4 Å². The van der Waals surface area contributed by atoms with Crippen LogP contribution in [-0.4, -0.2) is 17.0 Å². The molecule has 0 spiro atoms. The van der Waals surface area contributed by atoms with E-state index in [4.69, 9.17) is 23.2 Å². The van der Waals surface area contributed by atoms with Crippen molar-refractivity contribution in [2.75, 3.05) is 7.11 Å². The molecule has 1 nitrogen and oxygen atoms in total. The lowest BCUT2D eigenvalue weighted by Crippen LogP contribution is -2.14. The Balaban J connectivity index is 3.53. The number of thiocarbonyl (C=S) groups is 1. The van der Waals surface area contributed by atoms with Gasteiger partial charge in [-0.25, -0.2) is 0 Å². The average Bonchev–Trinajstić information content (AvgIpc) is 1.67. The third-order valence-corrected chi connectivity index (χ3v) is 1.40. The van der Waals surface area contributed by atoms with Gasteiger partial charge in [0, 0.05) is 13.5 Å². The minimum atomic E-state index is -1.12. The molecule has 4 heteroatoms. The largest absolute Gasteiger partial charge is 0.350 e. The van der Waals surface area contributed by atoms with E-state index in [1.807, 2.05) is 0 Å². The molecule has 0 atom stereocenters. The van der Waals surface area contributed by atoms with Crippen LogP contribution in [0.1, 0.15) is 6.42 Å². The molecule has 0 aliphatic carbocycles. The molecule has 0 N–H and O–H groups in total. The molecule has 0 aliphatic rings. The van der Waals surface area contributed by atoms with Gasteiger partial charge in [0.05, 0.1) is 0 Å². The Bertz CT molecular complexity index is 84.1. The van der Waals surface area contributed by atoms with Crippen LogP contribution in [0.2, 0.25) is 0 Å². The van der Waals surface area contributed by atoms with E-state index in [-0.39, 0.29) is 0 Å². The lowest BCUT2D eigenvalue weighted by atomic mass is 10.5. The van der Waals surface area contributed by atoms with Crippen molar-refractivity contribution in [3.8, 4) is 0 Å². The maximum Gasteiger partial charge on any atom is 0.221 e. The first kappa shape index (κ1) is 8.63. The van der Waals surface area contributed by atoms with Crippen LogP contribution >= 0.6 is 35.4 Å². The summed E-state index contributed by atoms with van der Waals surface area (Å²) in [6, 6.07) is 0. The molecule has 0 amide bonds. The summed E-state index contributed by atoms with van der Waals surface area (Å²) < 4.78 is 3.49. The average molecular weight is 173 g/mol. The fourth-order valence-electron chi connectivity index (χ4n) is 0.180. The zero-order valence-electron chi connectivity index (χ0n) is 4.36. The number of ether oxygens (including phenoxy) is 1. The molecule has 0 radical (unpaired) electrons. The van der Waals surface area contributed by atoms with Crippen molar-refractivity contribution in [2.24, 2.45) is 0 Å². The summed E-state index contributed by atoms with van der Waals surface area (Å²) in [6.07, 6.45) is 0.363. The summed E-state index contributed by atoms with van der Waals surface area (Å²) in [6.45, 7) is 0. The van der Waals surface area contributed by atoms with Gasteiger partial charge in [-0.3, -0.25) is 0 Å². The Morgan fingerprint density at radius 2 is 2.25 bits per heavy atom. The third-order valence-electron chi connectivity index (χ3n) is 0.620. The minimum absolute atomic E-state index is 0.363. The van der Waals surface area contributed by atoms with Gasteiger partial charge in [-0.15, -0.1) is 0 Å². The number of alkyl halides is 2. The van der Waals surface area contributed by atoms with E-state index in [0.29, 0.717) is 6.42 Å². The first-order valence-corrected chi connectivity index (χ1v) is 3.22. The Hall–Kier alpha value is 0.630. The normalized spacial score (nSPS) is 11.4. The van der Waals surface area contributed by atoms with Crippen LogP contribution in [0.15, 0.2) is 0 Å². The van der Waals surface area contributed by atoms with Gasteiger partial charge < -0.3 is 4.74 Å². The molecule has 0 aliphatic heterocycles. The van der Waals surface area contributed by atoms with Gasteiger partial charge in [0.15, 0.2) is 0 Å². The van der Waals surface area contributed by atoms with Crippen LogP contribution < -0.4 is 0 Å². The SMILES string of the molecule is COC(Cl)(Cl)CC=S. The fraction of sp³-hybridized carbons (Fsp3) is 0.750. The van der Waals surface area contributed by atoms with E-state index in [2.05, 4.69) is 17.0 Å². The second-order valence-corrected chi connectivity index (χ2v) is 2.96. The highest BCUT2D eigenvalue weighted by molar-refractivity contribution is 7.79. The second-order valence-electron chi connectivity index (χ2n) is 1.21. The van der Waals surface area contributed by atoms with Gasteiger partial charge in [0.2, 0.25) is 4.52 Å². The summed E-state index contributed by atoms with van der Waals surface area (Å²) >= 11 is 15.4. The van der Waals surface area contributed by atoms with E-state index in [1.54, 1.807) is 0 Å². The van der Waals surface area contributed by atoms with Gasteiger partial charge in [0.1, 0.15) is 0 Å². The first-order chi connectivity index (χ1) is 3.62. The third kappa shape index (κ3) is 3.61. The molecule has 0 unspecified atom stereocenters. The topological polar surface area (TPSA) is 9.23 Å². The molecule has 48 valence electrons. The van der Waals surface area contributed by atoms with Crippen molar-refractivity contribution in [3.05, 3.63) is 0 Å². The van der Waals surface area contributed by atoms with Crippen molar-refractivity contribution in [1.82, 2.24) is 0 Å². The maximum atomic E-state index is 5.47. The van der Waals surface area contributed by atoms with Gasteiger partial charge in [-0.05, 0) is 5.37 Å². The van der Waals surface area contributed by atoms with E-state index >= 15 is 0 Å². The van der Waals surface area contributed by atoms with Gasteiger partial charge >= 0.3 is 0 Å². The van der Waals surface area contributed by atoms with Crippen LogP contribution in [0, 0.1) is 0 Å². The van der Waals surface area contributed by atoms with E-state index in [9.17, 15) is 0 Å². The molecule has 0 aromatic carbocycles. The predicted octanol–water partition coefficient (Wildman–Crippen LogP) is 2.15. The zero-order valence-corrected chi connectivity index (χ0v) is 6.69. The van der Waals surface area contributed by atoms with Crippen LogP contribution in [0.3, 0.4) is 0 Å². The maximum absolute atomic E-state index is 5.47. The number of rotatable bonds is 3. The van der Waals surface area contributed by atoms with Gasteiger partial charge in [-0.2, -0.15) is 0 Å². The highest BCUT2D eigenvalue weighted by Gasteiger charge is 2.19. The molecule has 0 heterocycles. The number of methoxy groups -OCH3 is 1. The molecule has 0 fully saturated rings. The van der Waals surface area contributed by atoms with Gasteiger partial charge in [0.25, 0.3) is 0 Å². The van der Waals surface area contributed by atoms with Crippen molar-refractivity contribution >= 4 is 40.8 Å². The summed E-state index contributed by atoms with van der Waals surface area (Å²) in [5.74, 6) is 0. The van der Waals surface area contributed by atoms with Crippen molar-refractivity contribution in [2.45, 2.75) is 10.9 Å². The molecule has 0 aromatic heterocycles. The van der Waals surface area contributed by atoms with Crippen molar-refractivity contribution < 1.29 is 4.74 Å². The number of hydrogen-bond acceptors (Lipinski definition) is 2. The zero-order chi connectivity index (χ0) is 6.62. The number of hydrogen-bond donors (Lipinski definition) is 0. The summed E-state index contributed by atoms with van der Waals surface area (Å²) in [4.78, 5) is 0. The molecule has 0 bridgehead atoms. The Labute approximate surface area is 63.9 Å². The Morgan fingerprint density at radius 1 is 1.75 bits per heavy atom. The quantitative estimate of drug-likeness (QED) is 0.477. The van der Waals surface area contributed by atoms with E-state index in [0.717, 1.165) is 0 Å². The van der Waals surface area contributed by atoms with E-state index in [1.165, 1.54) is 12.5 Å². The molecule has 0 aromatic rings. The Kier molecular flexibility index (Phi) is 3.90. The fourth-order valence-corrected chi connectivity index (χ4v) is 0.752. The summed E-state index contributed by atoms with van der Waals surface area (Å²) in [7, 11) is 1.43. The molecule has 0 saturated carbocycles. The van der Waals surface area contributed by atoms with Crippen LogP contribution in [0.25, 0.3) is 0 Å². The molecular weight excluding hydrogens is 167 g/mol. The first-order valence-electron chi connectivity index (χ1n) is 1.99. The highest BCUT2D eigenvalue weighted by atomic mass is 35.5. The van der Waals surface area contributed by atoms with E-state index < -0.39 is 4.52 Å². The lowest BCUT2D eigenvalue weighted by Gasteiger charge is -2.13. The molecular formula is C4H6Cl2OS.